The summed E-state index contributed by atoms with van der Waals surface area (Å²) >= 11 is 0. The molecule has 1 saturated heterocycles. The summed E-state index contributed by atoms with van der Waals surface area (Å²) in [5.41, 5.74) is 3.07. The van der Waals surface area contributed by atoms with Gasteiger partial charge in [-0.05, 0) is 29.7 Å². The molecule has 1 fully saturated rings. The van der Waals surface area contributed by atoms with Crippen molar-refractivity contribution in [1.82, 2.24) is 9.88 Å². The Morgan fingerprint density at radius 3 is 2.85 bits per heavy atom. The quantitative estimate of drug-likeness (QED) is 0.831. The molecule has 2 aromatic rings. The van der Waals surface area contributed by atoms with E-state index in [0.29, 0.717) is 25.5 Å². The first-order valence-electron chi connectivity index (χ1n) is 9.03. The third-order valence-corrected chi connectivity index (χ3v) is 4.93. The van der Waals surface area contributed by atoms with Crippen molar-refractivity contribution in [3.63, 3.8) is 0 Å². The summed E-state index contributed by atoms with van der Waals surface area (Å²) in [5, 5.41) is 0. The van der Waals surface area contributed by atoms with Crippen molar-refractivity contribution in [2.24, 2.45) is 0 Å². The van der Waals surface area contributed by atoms with Gasteiger partial charge in [0.25, 0.3) is 0 Å². The molecule has 6 nitrogen and oxygen atoms in total. The van der Waals surface area contributed by atoms with E-state index in [1.807, 2.05) is 42.5 Å². The zero-order chi connectivity index (χ0) is 18.6. The van der Waals surface area contributed by atoms with Crippen LogP contribution in [0.4, 0.5) is 4.79 Å². The topological polar surface area (TPSA) is 60.9 Å². The highest BCUT2D eigenvalue weighted by molar-refractivity contribution is 5.76. The smallest absolute Gasteiger partial charge is 0.411 e. The fourth-order valence-corrected chi connectivity index (χ4v) is 3.67. The third-order valence-electron chi connectivity index (χ3n) is 4.93. The maximum Gasteiger partial charge on any atom is 0.411 e. The predicted molar refractivity (Wildman–Crippen MR) is 100 cm³/mol. The number of aromatic nitrogens is 1. The number of fused-ring (bicyclic) bond motifs is 2. The molecule has 27 heavy (non-hydrogen) atoms. The van der Waals surface area contributed by atoms with E-state index >= 15 is 0 Å². The first-order chi connectivity index (χ1) is 13.3. The van der Waals surface area contributed by atoms with E-state index in [9.17, 15) is 4.79 Å². The first kappa shape index (κ1) is 17.5. The summed E-state index contributed by atoms with van der Waals surface area (Å²) in [7, 11) is 1.62. The molecule has 1 aromatic heterocycles. The maximum absolute atomic E-state index is 12.7. The Morgan fingerprint density at radius 1 is 1.22 bits per heavy atom. The fraction of sp³-hybridized carbons (Fsp3) is 0.333. The molecular formula is C21H22N2O4. The maximum atomic E-state index is 12.7. The average molecular weight is 366 g/mol. The van der Waals surface area contributed by atoms with Crippen LogP contribution in [0.2, 0.25) is 0 Å². The van der Waals surface area contributed by atoms with Gasteiger partial charge >= 0.3 is 6.09 Å². The summed E-state index contributed by atoms with van der Waals surface area (Å²) in [6.45, 7) is 1.23. The Morgan fingerprint density at radius 2 is 2.07 bits per heavy atom. The minimum absolute atomic E-state index is 0.0584. The molecule has 0 N–H and O–H groups in total. The van der Waals surface area contributed by atoms with Crippen LogP contribution in [-0.4, -0.2) is 48.4 Å². The number of ether oxygens (including phenoxy) is 3. The van der Waals surface area contributed by atoms with E-state index < -0.39 is 0 Å². The second-order valence-electron chi connectivity index (χ2n) is 6.66. The molecule has 1 aromatic carbocycles. The fourth-order valence-electron chi connectivity index (χ4n) is 3.67. The van der Waals surface area contributed by atoms with Gasteiger partial charge in [-0.3, -0.25) is 4.90 Å². The largest absolute Gasteiger partial charge is 0.481 e. The minimum Gasteiger partial charge on any atom is -0.481 e. The lowest BCUT2D eigenvalue weighted by Gasteiger charge is -2.43. The average Bonchev–Trinajstić information content (AvgIpc) is 2.71. The summed E-state index contributed by atoms with van der Waals surface area (Å²) < 4.78 is 16.6. The zero-order valence-corrected chi connectivity index (χ0v) is 15.2. The van der Waals surface area contributed by atoms with Gasteiger partial charge in [0.1, 0.15) is 6.61 Å². The van der Waals surface area contributed by atoms with E-state index in [2.05, 4.69) is 11.1 Å². The Bertz CT molecular complexity index is 837. The molecule has 1 amide bonds. The third kappa shape index (κ3) is 3.66. The number of morpholine rings is 1. The molecule has 2 unspecified atom stereocenters. The number of amides is 1. The van der Waals surface area contributed by atoms with Crippen molar-refractivity contribution in [3.05, 3.63) is 65.9 Å². The van der Waals surface area contributed by atoms with Crippen molar-refractivity contribution < 1.29 is 19.0 Å². The van der Waals surface area contributed by atoms with Crippen LogP contribution in [0.25, 0.3) is 5.57 Å². The van der Waals surface area contributed by atoms with Gasteiger partial charge < -0.3 is 14.2 Å². The molecule has 0 radical (unpaired) electrons. The highest BCUT2D eigenvalue weighted by Gasteiger charge is 2.39. The molecule has 0 spiro atoms. The van der Waals surface area contributed by atoms with Gasteiger partial charge in [0.05, 0.1) is 32.4 Å². The van der Waals surface area contributed by atoms with E-state index in [1.54, 1.807) is 18.2 Å². The number of methoxy groups -OCH3 is 1. The standard InChI is InChI=1S/C21H22N2O4/c1-25-20-19(8-5-9-22-20)16-10-17-13-26-14-18(11-16)23(17)21(24)27-12-15-6-3-2-4-7-15/h2-10,17-18H,11-14H2,1H3. The van der Waals surface area contributed by atoms with E-state index in [0.717, 1.165) is 16.7 Å². The predicted octanol–water partition coefficient (Wildman–Crippen LogP) is 3.28. The zero-order valence-electron chi connectivity index (χ0n) is 15.2. The number of rotatable bonds is 4. The number of carbonyl (C=O) groups is 1. The normalized spacial score (nSPS) is 21.4. The van der Waals surface area contributed by atoms with Gasteiger partial charge in [0.15, 0.2) is 0 Å². The van der Waals surface area contributed by atoms with Gasteiger partial charge in [-0.25, -0.2) is 9.78 Å². The molecule has 4 rings (SSSR count). The van der Waals surface area contributed by atoms with Gasteiger partial charge in [-0.2, -0.15) is 0 Å². The lowest BCUT2D eigenvalue weighted by molar-refractivity contribution is -0.0342. The summed E-state index contributed by atoms with van der Waals surface area (Å²) in [6.07, 6.45) is 4.16. The van der Waals surface area contributed by atoms with Crippen LogP contribution in [0.15, 0.2) is 54.7 Å². The number of benzene rings is 1. The van der Waals surface area contributed by atoms with E-state index in [-0.39, 0.29) is 24.8 Å². The van der Waals surface area contributed by atoms with Crippen molar-refractivity contribution in [2.75, 3.05) is 20.3 Å². The van der Waals surface area contributed by atoms with Gasteiger partial charge in [0, 0.05) is 11.8 Å². The van der Waals surface area contributed by atoms with Gasteiger partial charge in [-0.1, -0.05) is 36.4 Å². The first-order valence-corrected chi connectivity index (χ1v) is 9.03. The van der Waals surface area contributed by atoms with Crippen LogP contribution >= 0.6 is 0 Å². The molecule has 2 atom stereocenters. The highest BCUT2D eigenvalue weighted by Crippen LogP contribution is 2.35. The van der Waals surface area contributed by atoms with Crippen LogP contribution in [0.1, 0.15) is 17.5 Å². The number of pyridine rings is 1. The Balaban J connectivity index is 1.52. The molecule has 0 aliphatic carbocycles. The summed E-state index contributed by atoms with van der Waals surface area (Å²) in [6, 6.07) is 13.4. The monoisotopic (exact) mass is 366 g/mol. The van der Waals surface area contributed by atoms with Crippen LogP contribution in [0.5, 0.6) is 5.88 Å². The van der Waals surface area contributed by atoms with Crippen LogP contribution < -0.4 is 4.74 Å². The van der Waals surface area contributed by atoms with Crippen LogP contribution in [0.3, 0.4) is 0 Å². The SMILES string of the molecule is COc1ncccc1C1=CC2COCC(C1)N2C(=O)OCc1ccccc1. The summed E-state index contributed by atoms with van der Waals surface area (Å²) in [4.78, 5) is 18.8. The van der Waals surface area contributed by atoms with E-state index in [4.69, 9.17) is 14.2 Å². The number of nitrogens with zero attached hydrogens (tertiary/aromatic N) is 2. The highest BCUT2D eigenvalue weighted by atomic mass is 16.6. The number of carbonyl (C=O) groups excluding carboxylic acids is 1. The van der Waals surface area contributed by atoms with E-state index in [1.165, 1.54) is 0 Å². The molecule has 0 saturated carbocycles. The van der Waals surface area contributed by atoms with Crippen LogP contribution in [0, 0.1) is 0 Å². The lowest BCUT2D eigenvalue weighted by atomic mass is 9.90. The number of hydrogen-bond donors (Lipinski definition) is 0. The Hall–Kier alpha value is -2.86. The molecule has 3 heterocycles. The molecular weight excluding hydrogens is 344 g/mol. The second kappa shape index (κ2) is 7.80. The van der Waals surface area contributed by atoms with Crippen molar-refractivity contribution >= 4 is 11.7 Å². The van der Waals surface area contributed by atoms with Gasteiger partial charge in [0.2, 0.25) is 5.88 Å². The number of hydrogen-bond acceptors (Lipinski definition) is 5. The molecule has 140 valence electrons. The van der Waals surface area contributed by atoms with Gasteiger partial charge in [-0.15, -0.1) is 0 Å². The lowest BCUT2D eigenvalue weighted by Crippen LogP contribution is -2.56. The Kier molecular flexibility index (Phi) is 5.07. The minimum atomic E-state index is -0.300. The van der Waals surface area contributed by atoms with Crippen molar-refractivity contribution in [2.45, 2.75) is 25.1 Å². The molecule has 2 aliphatic rings. The summed E-state index contributed by atoms with van der Waals surface area (Å²) in [5.74, 6) is 0.600. The second-order valence-corrected chi connectivity index (χ2v) is 6.66. The molecule has 6 heteroatoms. The molecule has 2 aliphatic heterocycles. The van der Waals surface area contributed by atoms with Crippen LogP contribution in [-0.2, 0) is 16.1 Å². The molecule has 2 bridgehead atoms. The van der Waals surface area contributed by atoms with Crippen molar-refractivity contribution in [3.8, 4) is 5.88 Å². The van der Waals surface area contributed by atoms with Crippen molar-refractivity contribution in [1.29, 1.82) is 0 Å². The Labute approximate surface area is 158 Å².